The van der Waals surface area contributed by atoms with E-state index in [2.05, 4.69) is 16.3 Å². The summed E-state index contributed by atoms with van der Waals surface area (Å²) in [5.41, 5.74) is 2.21. The third-order valence-corrected chi connectivity index (χ3v) is 5.11. The highest BCUT2D eigenvalue weighted by Crippen LogP contribution is 2.22. The predicted octanol–water partition coefficient (Wildman–Crippen LogP) is 1.32. The molecule has 2 aliphatic rings. The highest BCUT2D eigenvalue weighted by Gasteiger charge is 2.33. The molecule has 25 heavy (non-hydrogen) atoms. The van der Waals surface area contributed by atoms with E-state index in [1.807, 2.05) is 24.0 Å². The average molecular weight is 345 g/mol. The highest BCUT2D eigenvalue weighted by atomic mass is 16.5. The zero-order valence-electron chi connectivity index (χ0n) is 15.1. The molecule has 0 aromatic heterocycles. The summed E-state index contributed by atoms with van der Waals surface area (Å²) >= 11 is 0. The number of amides is 2. The zero-order valence-corrected chi connectivity index (χ0v) is 15.1. The maximum absolute atomic E-state index is 12.5. The van der Waals surface area contributed by atoms with Gasteiger partial charge in [0.05, 0.1) is 19.6 Å². The number of piperazine rings is 1. The second-order valence-electron chi connectivity index (χ2n) is 6.87. The fourth-order valence-electron chi connectivity index (χ4n) is 3.71. The van der Waals surface area contributed by atoms with Crippen LogP contribution in [0.2, 0.25) is 0 Å². The number of aryl methyl sites for hydroxylation is 1. The van der Waals surface area contributed by atoms with Gasteiger partial charge in [0.1, 0.15) is 5.75 Å². The van der Waals surface area contributed by atoms with Crippen molar-refractivity contribution in [2.75, 3.05) is 33.3 Å². The molecule has 2 heterocycles. The van der Waals surface area contributed by atoms with Gasteiger partial charge < -0.3 is 15.0 Å². The van der Waals surface area contributed by atoms with Crippen LogP contribution in [0.3, 0.4) is 0 Å². The summed E-state index contributed by atoms with van der Waals surface area (Å²) in [6.45, 7) is 5.71. The van der Waals surface area contributed by atoms with E-state index >= 15 is 0 Å². The number of hydrogen-bond donors (Lipinski definition) is 1. The first-order chi connectivity index (χ1) is 12.1. The van der Waals surface area contributed by atoms with Crippen molar-refractivity contribution >= 4 is 11.8 Å². The minimum absolute atomic E-state index is 0.0379. The summed E-state index contributed by atoms with van der Waals surface area (Å²) in [6.07, 6.45) is 2.40. The van der Waals surface area contributed by atoms with Crippen molar-refractivity contribution in [1.82, 2.24) is 15.1 Å². The summed E-state index contributed by atoms with van der Waals surface area (Å²) in [5, 5.41) is 2.90. The van der Waals surface area contributed by atoms with Crippen LogP contribution >= 0.6 is 0 Å². The van der Waals surface area contributed by atoms with Crippen molar-refractivity contribution in [2.45, 2.75) is 38.8 Å². The third-order valence-electron chi connectivity index (χ3n) is 5.11. The largest absolute Gasteiger partial charge is 0.496 e. The van der Waals surface area contributed by atoms with E-state index in [-0.39, 0.29) is 24.3 Å². The van der Waals surface area contributed by atoms with E-state index in [0.29, 0.717) is 13.1 Å². The van der Waals surface area contributed by atoms with E-state index in [9.17, 15) is 9.59 Å². The molecule has 6 heteroatoms. The number of benzene rings is 1. The number of carbonyl (C=O) groups excluding carboxylic acids is 2. The lowest BCUT2D eigenvalue weighted by molar-refractivity contribution is -0.138. The summed E-state index contributed by atoms with van der Waals surface area (Å²) in [4.78, 5) is 28.9. The van der Waals surface area contributed by atoms with Gasteiger partial charge in [-0.3, -0.25) is 14.5 Å². The Labute approximate surface area is 149 Å². The molecule has 2 saturated heterocycles. The van der Waals surface area contributed by atoms with E-state index < -0.39 is 0 Å². The Morgan fingerprint density at radius 1 is 1.28 bits per heavy atom. The normalized spacial score (nSPS) is 21.3. The fourth-order valence-corrected chi connectivity index (χ4v) is 3.71. The molecule has 0 aliphatic carbocycles. The number of hydrogen-bond acceptors (Lipinski definition) is 4. The zero-order chi connectivity index (χ0) is 17.8. The third kappa shape index (κ3) is 4.12. The van der Waals surface area contributed by atoms with Crippen molar-refractivity contribution in [3.05, 3.63) is 29.3 Å². The molecule has 1 unspecified atom stereocenters. The Morgan fingerprint density at radius 3 is 2.72 bits per heavy atom. The van der Waals surface area contributed by atoms with Crippen molar-refractivity contribution in [3.63, 3.8) is 0 Å². The summed E-state index contributed by atoms with van der Waals surface area (Å²) in [5.74, 6) is 0.917. The minimum atomic E-state index is -0.385. The number of ether oxygens (including phenoxy) is 1. The molecule has 2 fully saturated rings. The van der Waals surface area contributed by atoms with Gasteiger partial charge in [0.2, 0.25) is 11.8 Å². The number of nitrogens with zero attached hydrogens (tertiary/aromatic N) is 2. The average Bonchev–Trinajstić information content (AvgIpc) is 3.13. The molecule has 2 aliphatic heterocycles. The maximum Gasteiger partial charge on any atom is 0.237 e. The Morgan fingerprint density at radius 2 is 2.04 bits per heavy atom. The number of carbonyl (C=O) groups is 2. The predicted molar refractivity (Wildman–Crippen MR) is 95.4 cm³/mol. The van der Waals surface area contributed by atoms with Crippen LogP contribution in [-0.2, 0) is 16.1 Å². The minimum Gasteiger partial charge on any atom is -0.496 e. The van der Waals surface area contributed by atoms with Crippen LogP contribution in [0.4, 0.5) is 0 Å². The van der Waals surface area contributed by atoms with E-state index in [1.54, 1.807) is 7.11 Å². The van der Waals surface area contributed by atoms with Gasteiger partial charge in [-0.05, 0) is 37.0 Å². The van der Waals surface area contributed by atoms with Crippen LogP contribution in [-0.4, -0.2) is 60.9 Å². The molecule has 1 aromatic carbocycles. The number of methoxy groups -OCH3 is 1. The summed E-state index contributed by atoms with van der Waals surface area (Å²) in [6, 6.07) is 5.69. The lowest BCUT2D eigenvalue weighted by Gasteiger charge is -2.35. The van der Waals surface area contributed by atoms with Crippen molar-refractivity contribution in [3.8, 4) is 5.75 Å². The molecule has 136 valence electrons. The summed E-state index contributed by atoms with van der Waals surface area (Å²) < 4.78 is 5.31. The molecule has 1 N–H and O–H groups in total. The number of likely N-dealkylation sites (tertiary alicyclic amines) is 1. The van der Waals surface area contributed by atoms with Gasteiger partial charge >= 0.3 is 0 Å². The molecule has 3 rings (SSSR count). The van der Waals surface area contributed by atoms with E-state index in [1.165, 1.54) is 0 Å². The fraction of sp³-hybridized carbons (Fsp3) is 0.579. The van der Waals surface area contributed by atoms with Gasteiger partial charge in [0.25, 0.3) is 0 Å². The standard InChI is InChI=1S/C19H27N3O3/c1-14-11-15(5-6-17(14)25-2)13-22-10-7-20-19(24)16(22)12-18(23)21-8-3-4-9-21/h5-6,11,16H,3-4,7-10,12-13H2,1-2H3,(H,20,24). The van der Waals surface area contributed by atoms with Gasteiger partial charge in [0, 0.05) is 32.7 Å². The molecular weight excluding hydrogens is 318 g/mol. The SMILES string of the molecule is COc1ccc(CN2CCNC(=O)C2CC(=O)N2CCCC2)cc1C. The van der Waals surface area contributed by atoms with E-state index in [0.717, 1.165) is 49.4 Å². The monoisotopic (exact) mass is 345 g/mol. The Hall–Kier alpha value is -2.08. The molecule has 0 spiro atoms. The Kier molecular flexibility index (Phi) is 5.58. The lowest BCUT2D eigenvalue weighted by atomic mass is 10.0. The highest BCUT2D eigenvalue weighted by molar-refractivity contribution is 5.88. The van der Waals surface area contributed by atoms with Gasteiger partial charge in [-0.2, -0.15) is 0 Å². The second-order valence-corrected chi connectivity index (χ2v) is 6.87. The molecule has 0 saturated carbocycles. The maximum atomic E-state index is 12.5. The number of nitrogens with one attached hydrogen (secondary N) is 1. The first-order valence-electron chi connectivity index (χ1n) is 9.01. The molecule has 1 aromatic rings. The van der Waals surface area contributed by atoms with Gasteiger partial charge in [-0.1, -0.05) is 12.1 Å². The van der Waals surface area contributed by atoms with Crippen LogP contribution in [0.25, 0.3) is 0 Å². The smallest absolute Gasteiger partial charge is 0.237 e. The quantitative estimate of drug-likeness (QED) is 0.874. The molecular formula is C19H27N3O3. The molecule has 0 bridgehead atoms. The van der Waals surface area contributed by atoms with Gasteiger partial charge in [0.15, 0.2) is 0 Å². The first-order valence-corrected chi connectivity index (χ1v) is 9.01. The lowest BCUT2D eigenvalue weighted by Crippen LogP contribution is -2.56. The van der Waals surface area contributed by atoms with E-state index in [4.69, 9.17) is 4.74 Å². The van der Waals surface area contributed by atoms with Crippen molar-refractivity contribution in [2.24, 2.45) is 0 Å². The first kappa shape index (κ1) is 17.7. The van der Waals surface area contributed by atoms with Crippen LogP contribution in [0.5, 0.6) is 5.75 Å². The van der Waals surface area contributed by atoms with Crippen molar-refractivity contribution in [1.29, 1.82) is 0 Å². The summed E-state index contributed by atoms with van der Waals surface area (Å²) in [7, 11) is 1.66. The van der Waals surface area contributed by atoms with Crippen LogP contribution in [0, 0.1) is 6.92 Å². The Bertz CT molecular complexity index is 641. The molecule has 2 amide bonds. The number of rotatable bonds is 5. The molecule has 1 atom stereocenters. The molecule has 6 nitrogen and oxygen atoms in total. The van der Waals surface area contributed by atoms with Gasteiger partial charge in [-0.15, -0.1) is 0 Å². The molecule has 0 radical (unpaired) electrons. The topological polar surface area (TPSA) is 61.9 Å². The van der Waals surface area contributed by atoms with Crippen LogP contribution in [0.1, 0.15) is 30.4 Å². The van der Waals surface area contributed by atoms with Gasteiger partial charge in [-0.25, -0.2) is 0 Å². The second kappa shape index (κ2) is 7.87. The van der Waals surface area contributed by atoms with Crippen molar-refractivity contribution < 1.29 is 14.3 Å². The van der Waals surface area contributed by atoms with Crippen LogP contribution in [0.15, 0.2) is 18.2 Å². The van der Waals surface area contributed by atoms with Crippen LogP contribution < -0.4 is 10.1 Å². The Balaban J connectivity index is 1.69.